The summed E-state index contributed by atoms with van der Waals surface area (Å²) < 4.78 is 40.8. The predicted octanol–water partition coefficient (Wildman–Crippen LogP) is 2.18. The molecule has 5 rings (SSSR count). The first-order valence-electron chi connectivity index (χ1n) is 12.0. The number of hydrogen-bond acceptors (Lipinski definition) is 7. The third-order valence-electron chi connectivity index (χ3n) is 6.90. The van der Waals surface area contributed by atoms with Gasteiger partial charge < -0.3 is 20.3 Å². The number of primary amides is 1. The number of aliphatic hydroxyl groups is 1. The van der Waals surface area contributed by atoms with Crippen molar-refractivity contribution < 1.29 is 23.1 Å². The highest BCUT2D eigenvalue weighted by atomic mass is 19.4. The molecule has 2 fully saturated rings. The van der Waals surface area contributed by atoms with Crippen molar-refractivity contribution in [3.63, 3.8) is 0 Å². The fourth-order valence-corrected chi connectivity index (χ4v) is 4.87. The Balaban J connectivity index is 1.34. The van der Waals surface area contributed by atoms with E-state index in [2.05, 4.69) is 19.9 Å². The lowest BCUT2D eigenvalue weighted by atomic mass is 9.93. The van der Waals surface area contributed by atoms with Crippen molar-refractivity contribution in [3.8, 4) is 0 Å². The van der Waals surface area contributed by atoms with Gasteiger partial charge in [0.1, 0.15) is 17.8 Å². The molecule has 12 heteroatoms. The van der Waals surface area contributed by atoms with E-state index in [1.807, 2.05) is 21.7 Å². The molecule has 2 aliphatic rings. The number of halogens is 3. The molecule has 0 unspecified atom stereocenters. The number of β-amino-alcohol motifs (C(OH)–C–C–N with tert-alkyl or cyclic N) is 1. The van der Waals surface area contributed by atoms with Gasteiger partial charge in [-0.2, -0.15) is 13.2 Å². The second kappa shape index (κ2) is 9.66. The molecule has 1 aliphatic heterocycles. The second-order valence-electron chi connectivity index (χ2n) is 9.62. The summed E-state index contributed by atoms with van der Waals surface area (Å²) in [5.41, 5.74) is 5.78. The van der Waals surface area contributed by atoms with Crippen LogP contribution >= 0.6 is 0 Å². The molecule has 9 nitrogen and oxygen atoms in total. The molecule has 0 spiro atoms. The summed E-state index contributed by atoms with van der Waals surface area (Å²) in [6.07, 6.45) is 1.95. The molecule has 1 saturated carbocycles. The van der Waals surface area contributed by atoms with Crippen LogP contribution in [0.2, 0.25) is 0 Å². The highest BCUT2D eigenvalue weighted by molar-refractivity contribution is 5.88. The molecule has 4 heterocycles. The van der Waals surface area contributed by atoms with Gasteiger partial charge in [0.05, 0.1) is 35.8 Å². The Morgan fingerprint density at radius 2 is 1.97 bits per heavy atom. The van der Waals surface area contributed by atoms with Crippen LogP contribution in [-0.4, -0.2) is 67.2 Å². The summed E-state index contributed by atoms with van der Waals surface area (Å²) >= 11 is 0. The number of fused-ring (bicyclic) bond motifs is 1. The number of aliphatic hydroxyl groups excluding tert-OH is 1. The molecule has 192 valence electrons. The van der Waals surface area contributed by atoms with E-state index in [-0.39, 0.29) is 18.5 Å². The minimum absolute atomic E-state index is 0.000904. The van der Waals surface area contributed by atoms with Crippen LogP contribution in [0.4, 0.5) is 19.0 Å². The summed E-state index contributed by atoms with van der Waals surface area (Å²) in [6, 6.07) is 4.65. The molecule has 1 amide bonds. The van der Waals surface area contributed by atoms with Gasteiger partial charge in [0.15, 0.2) is 0 Å². The van der Waals surface area contributed by atoms with Gasteiger partial charge in [-0.3, -0.25) is 14.7 Å². The summed E-state index contributed by atoms with van der Waals surface area (Å²) in [6.45, 7) is 2.12. The van der Waals surface area contributed by atoms with Crippen LogP contribution in [0.5, 0.6) is 0 Å². The number of aromatic nitrogens is 4. The number of alkyl halides is 3. The zero-order valence-corrected chi connectivity index (χ0v) is 19.6. The van der Waals surface area contributed by atoms with E-state index in [0.717, 1.165) is 48.4 Å². The van der Waals surface area contributed by atoms with Crippen molar-refractivity contribution in [3.05, 3.63) is 48.2 Å². The Hall–Kier alpha value is -3.25. The minimum atomic E-state index is -4.42. The molecule has 0 aromatic carbocycles. The molecule has 1 saturated heterocycles. The highest BCUT2D eigenvalue weighted by Crippen LogP contribution is 2.36. The van der Waals surface area contributed by atoms with Gasteiger partial charge in [0, 0.05) is 37.4 Å². The SMILES string of the molecule is NC(=O)CN1CC[C@@H](Cn2ccc3c(N(Cc4ccc(C(F)(F)F)cn4)C4CC4)ncnc32)[C@H](O)C1. The topological polar surface area (TPSA) is 113 Å². The molecule has 36 heavy (non-hydrogen) atoms. The van der Waals surface area contributed by atoms with Crippen LogP contribution in [0.25, 0.3) is 11.0 Å². The molecule has 2 atom stereocenters. The quantitative estimate of drug-likeness (QED) is 0.485. The molecule has 3 aromatic heterocycles. The third-order valence-corrected chi connectivity index (χ3v) is 6.90. The summed E-state index contributed by atoms with van der Waals surface area (Å²) in [5, 5.41) is 11.5. The lowest BCUT2D eigenvalue weighted by Crippen LogP contribution is -2.47. The maximum Gasteiger partial charge on any atom is 0.417 e. The Bertz CT molecular complexity index is 1230. The standard InChI is InChI=1S/C24H28F3N7O2/c25-24(26,27)16-1-2-17(29-9-16)11-34(18-3-4-18)23-19-6-8-33(22(19)30-14-31-23)10-15-5-7-32(12-20(15)35)13-21(28)36/h1-2,6,8-9,14-15,18,20,35H,3-5,7,10-13H2,(H2,28,36)/t15-,20+/m0/s1. The normalized spacial score (nSPS) is 21.1. The average Bonchev–Trinajstić information content (AvgIpc) is 3.59. The lowest BCUT2D eigenvalue weighted by Gasteiger charge is -2.35. The number of piperidine rings is 1. The second-order valence-corrected chi connectivity index (χ2v) is 9.62. The monoisotopic (exact) mass is 503 g/mol. The molecular weight excluding hydrogens is 475 g/mol. The number of pyridine rings is 1. The van der Waals surface area contributed by atoms with Crippen LogP contribution in [0, 0.1) is 5.92 Å². The van der Waals surface area contributed by atoms with E-state index in [0.29, 0.717) is 31.9 Å². The van der Waals surface area contributed by atoms with Crippen molar-refractivity contribution in [1.29, 1.82) is 0 Å². The zero-order chi connectivity index (χ0) is 25.4. The van der Waals surface area contributed by atoms with E-state index >= 15 is 0 Å². The molecule has 1 aliphatic carbocycles. The smallest absolute Gasteiger partial charge is 0.391 e. The van der Waals surface area contributed by atoms with Crippen LogP contribution < -0.4 is 10.6 Å². The van der Waals surface area contributed by atoms with Crippen molar-refractivity contribution >= 4 is 22.8 Å². The number of nitrogens with zero attached hydrogens (tertiary/aromatic N) is 6. The van der Waals surface area contributed by atoms with Crippen LogP contribution in [-0.2, 0) is 24.1 Å². The first kappa shape index (κ1) is 24.4. The van der Waals surface area contributed by atoms with Gasteiger partial charge in [-0.25, -0.2) is 9.97 Å². The number of nitrogens with two attached hydrogens (primary N) is 1. The number of amides is 1. The fourth-order valence-electron chi connectivity index (χ4n) is 4.87. The molecular formula is C24H28F3N7O2. The van der Waals surface area contributed by atoms with Crippen molar-refractivity contribution in [1.82, 2.24) is 24.4 Å². The lowest BCUT2D eigenvalue weighted by molar-refractivity contribution is -0.137. The predicted molar refractivity (Wildman–Crippen MR) is 126 cm³/mol. The van der Waals surface area contributed by atoms with E-state index in [4.69, 9.17) is 5.73 Å². The maximum atomic E-state index is 12.9. The van der Waals surface area contributed by atoms with Crippen molar-refractivity contribution in [2.24, 2.45) is 11.7 Å². The number of hydrogen-bond donors (Lipinski definition) is 2. The van der Waals surface area contributed by atoms with E-state index < -0.39 is 23.8 Å². The Morgan fingerprint density at radius 1 is 1.17 bits per heavy atom. The van der Waals surface area contributed by atoms with Gasteiger partial charge in [0.2, 0.25) is 5.91 Å². The molecule has 0 bridgehead atoms. The average molecular weight is 504 g/mol. The maximum absolute atomic E-state index is 12.9. The number of carbonyl (C=O) groups is 1. The molecule has 3 N–H and O–H groups in total. The summed E-state index contributed by atoms with van der Waals surface area (Å²) in [7, 11) is 0. The van der Waals surface area contributed by atoms with Crippen LogP contribution in [0.1, 0.15) is 30.5 Å². The fraction of sp³-hybridized carbons (Fsp3) is 0.500. The largest absolute Gasteiger partial charge is 0.417 e. The van der Waals surface area contributed by atoms with E-state index in [1.54, 1.807) is 0 Å². The first-order valence-corrected chi connectivity index (χ1v) is 12.0. The van der Waals surface area contributed by atoms with Crippen LogP contribution in [0.15, 0.2) is 36.9 Å². The van der Waals surface area contributed by atoms with Gasteiger partial charge in [-0.1, -0.05) is 0 Å². The molecule has 0 radical (unpaired) electrons. The Morgan fingerprint density at radius 3 is 2.61 bits per heavy atom. The highest BCUT2D eigenvalue weighted by Gasteiger charge is 2.34. The van der Waals surface area contributed by atoms with Gasteiger partial charge in [-0.15, -0.1) is 0 Å². The van der Waals surface area contributed by atoms with E-state index in [1.165, 1.54) is 12.4 Å². The van der Waals surface area contributed by atoms with Crippen LogP contribution in [0.3, 0.4) is 0 Å². The Labute approximate surface area is 205 Å². The minimum Gasteiger partial charge on any atom is -0.391 e. The summed E-state index contributed by atoms with van der Waals surface area (Å²) in [5.74, 6) is 0.312. The number of likely N-dealkylation sites (tertiary alicyclic amines) is 1. The van der Waals surface area contributed by atoms with Crippen molar-refractivity contribution in [2.45, 2.75) is 50.7 Å². The number of carbonyl (C=O) groups excluding carboxylic acids is 1. The first-order chi connectivity index (χ1) is 17.2. The number of rotatable bonds is 8. The molecule has 3 aromatic rings. The summed E-state index contributed by atoms with van der Waals surface area (Å²) in [4.78, 5) is 28.2. The van der Waals surface area contributed by atoms with E-state index in [9.17, 15) is 23.1 Å². The van der Waals surface area contributed by atoms with Crippen molar-refractivity contribution in [2.75, 3.05) is 24.5 Å². The third kappa shape index (κ3) is 5.29. The van der Waals surface area contributed by atoms with Gasteiger partial charge in [0.25, 0.3) is 0 Å². The van der Waals surface area contributed by atoms with Gasteiger partial charge >= 0.3 is 6.18 Å². The zero-order valence-electron chi connectivity index (χ0n) is 19.6. The number of anilines is 1. The van der Waals surface area contributed by atoms with Gasteiger partial charge in [-0.05, 0) is 44.0 Å². The Kier molecular flexibility index (Phi) is 6.56.